The summed E-state index contributed by atoms with van der Waals surface area (Å²) in [6.07, 6.45) is 30.3. The fourth-order valence-corrected chi connectivity index (χ4v) is 14.9. The molecule has 4 aromatic heterocycles. The van der Waals surface area contributed by atoms with Crippen molar-refractivity contribution >= 4 is 90.8 Å². The fourth-order valence-electron chi connectivity index (χ4n) is 14.9. The number of allylic oxidation sites excluding steroid dienone is 8. The van der Waals surface area contributed by atoms with E-state index in [-0.39, 0.29) is 96.7 Å². The molecule has 0 spiro atoms. The van der Waals surface area contributed by atoms with Gasteiger partial charge < -0.3 is 86.6 Å². The molecule has 0 amide bonds. The molecule has 0 bridgehead atoms. The Morgan fingerprint density at radius 1 is 0.344 bits per heavy atom. The maximum atomic E-state index is 13.6. The van der Waals surface area contributed by atoms with Crippen LogP contribution in [-0.2, 0) is 25.7 Å². The summed E-state index contributed by atoms with van der Waals surface area (Å²) >= 11 is 2.15. The Balaban J connectivity index is 0.000000164. The van der Waals surface area contributed by atoms with Gasteiger partial charge in [-0.05, 0) is 261 Å². The van der Waals surface area contributed by atoms with E-state index in [1.165, 1.54) is 62.5 Å². The van der Waals surface area contributed by atoms with Crippen LogP contribution in [0.5, 0.6) is 80.5 Å². The van der Waals surface area contributed by atoms with Crippen LogP contribution >= 0.6 is 22.6 Å². The third-order valence-electron chi connectivity index (χ3n) is 21.6. The summed E-state index contributed by atoms with van der Waals surface area (Å²) in [5.41, 5.74) is 10.1. The van der Waals surface area contributed by atoms with E-state index in [9.17, 15) is 54.9 Å². The van der Waals surface area contributed by atoms with E-state index in [1.54, 1.807) is 68.8 Å². The number of fused-ring (bicyclic) bond motifs is 12. The van der Waals surface area contributed by atoms with Crippen LogP contribution in [-0.4, -0.2) is 84.4 Å². The third-order valence-corrected chi connectivity index (χ3v) is 21.6. The molecule has 128 heavy (non-hydrogen) atoms. The number of aromatic hydroxyl groups is 7. The number of methoxy groups -OCH3 is 3. The molecule has 0 saturated carbocycles. The number of alkyl halides is 1. The molecule has 0 atom stereocenters. The molecule has 8 heterocycles. The van der Waals surface area contributed by atoms with Crippen molar-refractivity contribution in [3.63, 3.8) is 0 Å². The lowest BCUT2D eigenvalue weighted by atomic mass is 9.93. The number of phenols is 7. The zero-order chi connectivity index (χ0) is 92.4. The molecule has 16 rings (SSSR count). The largest absolute Gasteiger partial charge is 0.508 e. The van der Waals surface area contributed by atoms with E-state index < -0.39 is 27.8 Å². The number of ether oxygens (including phenoxy) is 7. The monoisotopic (exact) mass is 1850 g/mol. The van der Waals surface area contributed by atoms with Gasteiger partial charge in [-0.1, -0.05) is 113 Å². The highest BCUT2D eigenvalue weighted by Crippen LogP contribution is 2.51. The summed E-state index contributed by atoms with van der Waals surface area (Å²) in [4.78, 5) is 55.9. The molecule has 12 aromatic rings. The Morgan fingerprint density at radius 2 is 0.609 bits per heavy atom. The number of benzene rings is 8. The van der Waals surface area contributed by atoms with Crippen molar-refractivity contribution in [1.82, 2.24) is 0 Å². The Bertz CT molecular complexity index is 6850. The molecule has 7 N–H and O–H groups in total. The normalized spacial score (nSPS) is 13.8. The third kappa shape index (κ3) is 19.7. The molecule has 0 aliphatic carbocycles. The molecule has 22 nitrogen and oxygen atoms in total. The fraction of sp³-hybridized carbons (Fsp3) is 0.276. The number of halogens is 1. The van der Waals surface area contributed by atoms with Crippen LogP contribution < -0.4 is 54.9 Å². The molecule has 0 radical (unpaired) electrons. The molecule has 0 unspecified atom stereocenters. The van der Waals surface area contributed by atoms with Crippen LogP contribution in [0.15, 0.2) is 218 Å². The summed E-state index contributed by atoms with van der Waals surface area (Å²) in [6.45, 7) is 31.3. The second kappa shape index (κ2) is 38.3. The van der Waals surface area contributed by atoms with Gasteiger partial charge in [0.15, 0.2) is 45.3 Å². The summed E-state index contributed by atoms with van der Waals surface area (Å²) in [5.74, 6) is 2.79. The van der Waals surface area contributed by atoms with Gasteiger partial charge in [-0.25, -0.2) is 0 Å². The molecule has 8 aromatic carbocycles. The first kappa shape index (κ1) is 95.1. The predicted octanol–water partition coefficient (Wildman–Crippen LogP) is 24.3. The lowest BCUT2D eigenvalue weighted by molar-refractivity contribution is 0.156. The standard InChI is InChI=1S/C27H28O6.C26H26O5.C25H24O6.C25H24O5.CH3I.CH4/c1-15(2)7-9-17-23(28)22-24(29)19(16-8-10-20(30-5)21(13-16)31-6)14-32-26(22)18-11-12-27(3,4)33-25(17)18;1-15(2)6-11-18-22(27)21-23(28)20(16-7-9-17(29-5)10-8-16)14-30-25(21)19-12-13-26(3,4)31-24(18)19;1-13(2)5-7-15-21(28)20-22(29)17(14-6-8-18(26)19(27)11-14)12-30-24(20)16-9-10-25(3,4)31-23(15)16;1-14(2)5-10-17-21(27)20-22(28)19(15-6-8-16(26)9-7-15)13-29-24(20)18-11-12-25(3,4)30-23(17)18;1-2;/h7-8,10-14,28H,9H2,1-6H3;6-10,12-14,27H,11H2,1-5H3;5-6,8-12,26-28H,7H2,1-4H3;5-9,11-13,26-27H,10H2,1-4H3;1H3;1H4. The summed E-state index contributed by atoms with van der Waals surface area (Å²) in [5, 5.41) is 74.2. The number of rotatable bonds is 15. The molecular weight excluding hydrogens is 1740 g/mol. The van der Waals surface area contributed by atoms with Crippen LogP contribution in [0.2, 0.25) is 0 Å². The highest BCUT2D eigenvalue weighted by molar-refractivity contribution is 14.1. The van der Waals surface area contributed by atoms with E-state index in [0.29, 0.717) is 166 Å². The molecular formula is C105H109IO22. The number of hydrogen-bond acceptors (Lipinski definition) is 22. The van der Waals surface area contributed by atoms with Gasteiger partial charge in [0.1, 0.15) is 126 Å². The van der Waals surface area contributed by atoms with Gasteiger partial charge in [-0.15, -0.1) is 0 Å². The average molecular weight is 1850 g/mol. The van der Waals surface area contributed by atoms with Crippen molar-refractivity contribution in [2.75, 3.05) is 26.3 Å². The van der Waals surface area contributed by atoms with Gasteiger partial charge in [-0.2, -0.15) is 0 Å². The highest BCUT2D eigenvalue weighted by Gasteiger charge is 2.36. The Kier molecular flexibility index (Phi) is 28.5. The highest BCUT2D eigenvalue weighted by atomic mass is 127. The van der Waals surface area contributed by atoms with Crippen molar-refractivity contribution in [3.05, 3.63) is 266 Å². The Labute approximate surface area is 756 Å². The SMILES string of the molecule is C.CC(C)=CCc1c2c(c3occ(-c4ccc(O)c(O)c4)c(=O)c3c1O)C=CC(C)(C)O2.CC(C)=CCc1c2c(c3occ(-c4ccc(O)cc4)c(=O)c3c1O)C=CC(C)(C)O2.CI.COc1ccc(-c2coc3c4c(c(CC=C(C)C)c(O)c3c2=O)OC(C)(C)C=C4)cc1.COc1ccc(-c2coc3c4c(c(CC=C(C)C)c(O)c3c2=O)OC(C)(C)C=C4)cc1OC. The van der Waals surface area contributed by atoms with Gasteiger partial charge in [0, 0.05) is 22.3 Å². The average Bonchev–Trinajstić information content (AvgIpc) is 0.747. The van der Waals surface area contributed by atoms with E-state index >= 15 is 0 Å². The minimum atomic E-state index is -0.573. The molecule has 4 aliphatic rings. The van der Waals surface area contributed by atoms with E-state index in [2.05, 4.69) is 22.6 Å². The summed E-state index contributed by atoms with van der Waals surface area (Å²) < 4.78 is 64.2. The lowest BCUT2D eigenvalue weighted by Gasteiger charge is -2.30. The van der Waals surface area contributed by atoms with E-state index in [1.807, 2.05) is 189 Å². The maximum absolute atomic E-state index is 13.6. The first-order chi connectivity index (χ1) is 60.1. The van der Waals surface area contributed by atoms with Gasteiger partial charge in [0.2, 0.25) is 21.7 Å². The smallest absolute Gasteiger partial charge is 0.204 e. The minimum Gasteiger partial charge on any atom is -0.508 e. The Morgan fingerprint density at radius 3 is 0.883 bits per heavy atom. The molecule has 4 aliphatic heterocycles. The topological polar surface area (TPSA) is 327 Å². The van der Waals surface area contributed by atoms with Gasteiger partial charge >= 0.3 is 0 Å². The quantitative estimate of drug-likeness (QED) is 0.0217. The van der Waals surface area contributed by atoms with Crippen molar-refractivity contribution < 1.29 is 86.6 Å². The maximum Gasteiger partial charge on any atom is 0.204 e. The van der Waals surface area contributed by atoms with Crippen molar-refractivity contribution in [2.24, 2.45) is 0 Å². The zero-order valence-electron chi connectivity index (χ0n) is 74.8. The minimum absolute atomic E-state index is 0. The van der Waals surface area contributed by atoms with Crippen LogP contribution in [0, 0.1) is 0 Å². The van der Waals surface area contributed by atoms with Gasteiger partial charge in [0.25, 0.3) is 0 Å². The van der Waals surface area contributed by atoms with Crippen molar-refractivity contribution in [3.8, 4) is 125 Å². The van der Waals surface area contributed by atoms with Crippen LogP contribution in [0.4, 0.5) is 0 Å². The Hall–Kier alpha value is -13.6. The summed E-state index contributed by atoms with van der Waals surface area (Å²) in [6, 6.07) is 22.7. The van der Waals surface area contributed by atoms with Gasteiger partial charge in [0.05, 0.1) is 65.8 Å². The van der Waals surface area contributed by atoms with Crippen molar-refractivity contribution in [1.29, 1.82) is 0 Å². The van der Waals surface area contributed by atoms with Gasteiger partial charge in [-0.3, -0.25) is 19.2 Å². The molecule has 23 heteroatoms. The first-order valence-electron chi connectivity index (χ1n) is 41.1. The van der Waals surface area contributed by atoms with E-state index in [4.69, 9.17) is 50.8 Å². The predicted molar refractivity (Wildman–Crippen MR) is 517 cm³/mol. The second-order valence-electron chi connectivity index (χ2n) is 34.2. The molecule has 0 saturated heterocycles. The number of phenolic OH excluding ortho intramolecular Hbond substituents is 7. The van der Waals surface area contributed by atoms with Crippen molar-refractivity contribution in [2.45, 2.75) is 166 Å². The van der Waals surface area contributed by atoms with Crippen LogP contribution in [0.25, 0.3) is 113 Å². The number of hydrogen-bond donors (Lipinski definition) is 7. The lowest BCUT2D eigenvalue weighted by Crippen LogP contribution is -2.28. The van der Waals surface area contributed by atoms with Crippen LogP contribution in [0.1, 0.15) is 163 Å². The molecule has 0 fully saturated rings. The second-order valence-corrected chi connectivity index (χ2v) is 34.2. The molecule has 668 valence electrons. The first-order valence-corrected chi connectivity index (χ1v) is 43.3. The van der Waals surface area contributed by atoms with Crippen LogP contribution in [0.3, 0.4) is 0 Å². The zero-order valence-corrected chi connectivity index (χ0v) is 76.9. The summed E-state index contributed by atoms with van der Waals surface area (Å²) in [7, 11) is 4.67. The van der Waals surface area contributed by atoms with E-state index in [0.717, 1.165) is 22.3 Å².